The molecule has 26 heavy (non-hydrogen) atoms. The van der Waals surface area contributed by atoms with Crippen molar-refractivity contribution in [3.05, 3.63) is 34.9 Å². The van der Waals surface area contributed by atoms with E-state index in [0.717, 1.165) is 10.5 Å². The summed E-state index contributed by atoms with van der Waals surface area (Å²) in [5.41, 5.74) is 6.57. The van der Waals surface area contributed by atoms with Crippen molar-refractivity contribution in [2.75, 3.05) is 13.1 Å². The van der Waals surface area contributed by atoms with Gasteiger partial charge in [-0.2, -0.15) is 0 Å². The van der Waals surface area contributed by atoms with Crippen LogP contribution in [-0.4, -0.2) is 58.9 Å². The summed E-state index contributed by atoms with van der Waals surface area (Å²) < 4.78 is 0. The van der Waals surface area contributed by atoms with Gasteiger partial charge in [0.1, 0.15) is 6.04 Å². The molecule has 1 fully saturated rings. The van der Waals surface area contributed by atoms with Crippen molar-refractivity contribution >= 4 is 23.6 Å². The van der Waals surface area contributed by atoms with Crippen molar-refractivity contribution in [2.45, 2.75) is 31.5 Å². The van der Waals surface area contributed by atoms with Crippen LogP contribution in [0.15, 0.2) is 18.2 Å². The summed E-state index contributed by atoms with van der Waals surface area (Å²) in [5.74, 6) is -2.11. The maximum atomic E-state index is 12.7. The number of imide groups is 2. The van der Waals surface area contributed by atoms with Crippen molar-refractivity contribution < 1.29 is 24.3 Å². The Morgan fingerprint density at radius 3 is 2.65 bits per heavy atom. The lowest BCUT2D eigenvalue weighted by molar-refractivity contribution is -0.136. The summed E-state index contributed by atoms with van der Waals surface area (Å²) in [6, 6.07) is 3.89. The molecule has 0 aliphatic carbocycles. The van der Waals surface area contributed by atoms with E-state index in [4.69, 9.17) is 5.73 Å². The number of aliphatic hydroxyl groups is 1. The van der Waals surface area contributed by atoms with Gasteiger partial charge in [-0.05, 0) is 24.1 Å². The quantitative estimate of drug-likeness (QED) is 0.452. The maximum absolute atomic E-state index is 12.7. The number of carbonyl (C=O) groups excluding carboxylic acids is 4. The minimum atomic E-state index is -0.971. The second-order valence-corrected chi connectivity index (χ2v) is 6.35. The largest absolute Gasteiger partial charge is 0.390 e. The zero-order valence-electron chi connectivity index (χ0n) is 14.0. The van der Waals surface area contributed by atoms with Crippen LogP contribution in [0.25, 0.3) is 0 Å². The van der Waals surface area contributed by atoms with Gasteiger partial charge in [0, 0.05) is 26.1 Å². The molecule has 1 saturated heterocycles. The Hall–Kier alpha value is -2.62. The molecule has 9 heteroatoms. The Morgan fingerprint density at radius 2 is 1.96 bits per heavy atom. The van der Waals surface area contributed by atoms with Crippen molar-refractivity contribution in [2.24, 2.45) is 5.73 Å². The number of piperidine rings is 1. The van der Waals surface area contributed by atoms with E-state index in [1.165, 1.54) is 0 Å². The number of nitrogens with zero attached hydrogens (tertiary/aromatic N) is 1. The Kier molecular flexibility index (Phi) is 5.12. The standard InChI is InChI=1S/C17H20N4O5/c18-6-10(22)8-19-7-9-1-2-11-12(5-9)17(26)21(16(11)25)13-3-4-14(23)20-15(13)24/h1-2,5,10,13,19,22H,3-4,6-8,18H2,(H,20,23,24)/t10-,13?/m1/s1. The fourth-order valence-electron chi connectivity index (χ4n) is 3.09. The molecule has 138 valence electrons. The smallest absolute Gasteiger partial charge is 0.262 e. The molecule has 0 radical (unpaired) electrons. The molecule has 0 bridgehead atoms. The molecule has 1 aromatic rings. The minimum absolute atomic E-state index is 0.0858. The van der Waals surface area contributed by atoms with Gasteiger partial charge in [0.25, 0.3) is 11.8 Å². The van der Waals surface area contributed by atoms with E-state index in [1.54, 1.807) is 18.2 Å². The highest BCUT2D eigenvalue weighted by atomic mass is 16.3. The molecule has 0 saturated carbocycles. The van der Waals surface area contributed by atoms with Crippen LogP contribution < -0.4 is 16.4 Å². The molecule has 2 aliphatic rings. The third-order valence-electron chi connectivity index (χ3n) is 4.49. The lowest BCUT2D eigenvalue weighted by Crippen LogP contribution is -2.54. The monoisotopic (exact) mass is 360 g/mol. The summed E-state index contributed by atoms with van der Waals surface area (Å²) in [6.07, 6.45) is -0.445. The molecule has 0 aromatic heterocycles. The number of amides is 4. The lowest BCUT2D eigenvalue weighted by atomic mass is 10.0. The maximum Gasteiger partial charge on any atom is 0.262 e. The Morgan fingerprint density at radius 1 is 1.23 bits per heavy atom. The van der Waals surface area contributed by atoms with Gasteiger partial charge in [0.2, 0.25) is 11.8 Å². The highest BCUT2D eigenvalue weighted by Gasteiger charge is 2.44. The average molecular weight is 360 g/mol. The number of carbonyl (C=O) groups is 4. The lowest BCUT2D eigenvalue weighted by Gasteiger charge is -2.27. The number of benzene rings is 1. The van der Waals surface area contributed by atoms with Gasteiger partial charge < -0.3 is 16.2 Å². The highest BCUT2D eigenvalue weighted by Crippen LogP contribution is 2.28. The number of nitrogens with two attached hydrogens (primary N) is 1. The Bertz CT molecular complexity index is 778. The van der Waals surface area contributed by atoms with E-state index in [9.17, 15) is 24.3 Å². The van der Waals surface area contributed by atoms with Crippen LogP contribution in [0.4, 0.5) is 0 Å². The number of hydrogen-bond donors (Lipinski definition) is 4. The van der Waals surface area contributed by atoms with Crippen LogP contribution in [0.5, 0.6) is 0 Å². The molecular formula is C17H20N4O5. The number of fused-ring (bicyclic) bond motifs is 1. The van der Waals surface area contributed by atoms with Crippen LogP contribution in [-0.2, 0) is 16.1 Å². The van der Waals surface area contributed by atoms with Gasteiger partial charge in [0.15, 0.2) is 0 Å². The molecule has 0 spiro atoms. The van der Waals surface area contributed by atoms with E-state index < -0.39 is 35.8 Å². The SMILES string of the molecule is NC[C@@H](O)CNCc1ccc2c(c1)C(=O)N(C1CCC(=O)NC1=O)C2=O. The van der Waals surface area contributed by atoms with E-state index in [2.05, 4.69) is 10.6 Å². The van der Waals surface area contributed by atoms with Gasteiger partial charge in [-0.25, -0.2) is 0 Å². The molecule has 5 N–H and O–H groups in total. The number of rotatable bonds is 6. The van der Waals surface area contributed by atoms with Gasteiger partial charge in [0.05, 0.1) is 17.2 Å². The number of aliphatic hydroxyl groups excluding tert-OH is 1. The Balaban J connectivity index is 1.75. The summed E-state index contributed by atoms with van der Waals surface area (Å²) in [7, 11) is 0. The van der Waals surface area contributed by atoms with E-state index in [0.29, 0.717) is 13.1 Å². The van der Waals surface area contributed by atoms with Crippen molar-refractivity contribution in [1.29, 1.82) is 0 Å². The third-order valence-corrected chi connectivity index (χ3v) is 4.49. The molecule has 4 amide bonds. The first-order chi connectivity index (χ1) is 12.4. The topological polar surface area (TPSA) is 142 Å². The summed E-state index contributed by atoms with van der Waals surface area (Å²) in [5, 5.41) is 14.6. The summed E-state index contributed by atoms with van der Waals surface area (Å²) in [6.45, 7) is 0.845. The second kappa shape index (κ2) is 7.32. The van der Waals surface area contributed by atoms with Gasteiger partial charge in [-0.15, -0.1) is 0 Å². The number of hydrogen-bond acceptors (Lipinski definition) is 7. The van der Waals surface area contributed by atoms with E-state index >= 15 is 0 Å². The zero-order valence-corrected chi connectivity index (χ0v) is 14.0. The first kappa shape index (κ1) is 18.2. The van der Waals surface area contributed by atoms with Gasteiger partial charge >= 0.3 is 0 Å². The van der Waals surface area contributed by atoms with Crippen LogP contribution in [0.1, 0.15) is 39.1 Å². The molecule has 3 rings (SSSR count). The fourth-order valence-corrected chi connectivity index (χ4v) is 3.09. The van der Waals surface area contributed by atoms with E-state index in [-0.39, 0.29) is 30.5 Å². The van der Waals surface area contributed by atoms with Crippen molar-refractivity contribution in [1.82, 2.24) is 15.5 Å². The van der Waals surface area contributed by atoms with E-state index in [1.807, 2.05) is 0 Å². The molecule has 2 aliphatic heterocycles. The van der Waals surface area contributed by atoms with Crippen molar-refractivity contribution in [3.8, 4) is 0 Å². The Labute approximate surface area is 149 Å². The molecule has 2 atom stereocenters. The summed E-state index contributed by atoms with van der Waals surface area (Å²) >= 11 is 0. The predicted molar refractivity (Wildman–Crippen MR) is 89.9 cm³/mol. The highest BCUT2D eigenvalue weighted by molar-refractivity contribution is 6.23. The average Bonchev–Trinajstić information content (AvgIpc) is 2.86. The molecule has 1 aromatic carbocycles. The molecule has 9 nitrogen and oxygen atoms in total. The van der Waals surface area contributed by atoms with Crippen LogP contribution in [0.2, 0.25) is 0 Å². The van der Waals surface area contributed by atoms with Crippen LogP contribution >= 0.6 is 0 Å². The minimum Gasteiger partial charge on any atom is -0.390 e. The molecule has 2 heterocycles. The van der Waals surface area contributed by atoms with Crippen molar-refractivity contribution in [3.63, 3.8) is 0 Å². The first-order valence-corrected chi connectivity index (χ1v) is 8.35. The van der Waals surface area contributed by atoms with Crippen LogP contribution in [0.3, 0.4) is 0 Å². The molecular weight excluding hydrogens is 340 g/mol. The van der Waals surface area contributed by atoms with Gasteiger partial charge in [-0.1, -0.05) is 6.07 Å². The second-order valence-electron chi connectivity index (χ2n) is 6.35. The summed E-state index contributed by atoms with van der Waals surface area (Å²) in [4.78, 5) is 49.5. The molecule has 1 unspecified atom stereocenters. The zero-order chi connectivity index (χ0) is 18.8. The van der Waals surface area contributed by atoms with Crippen LogP contribution in [0, 0.1) is 0 Å². The number of nitrogens with one attached hydrogen (secondary N) is 2. The normalized spacial score (nSPS) is 21.0. The predicted octanol–water partition coefficient (Wildman–Crippen LogP) is -1.50. The fraction of sp³-hybridized carbons (Fsp3) is 0.412. The third kappa shape index (κ3) is 3.36. The first-order valence-electron chi connectivity index (χ1n) is 8.35. The van der Waals surface area contributed by atoms with Gasteiger partial charge in [-0.3, -0.25) is 29.4 Å².